The van der Waals surface area contributed by atoms with Crippen LogP contribution < -0.4 is 0 Å². The van der Waals surface area contributed by atoms with Crippen LogP contribution in [0.5, 0.6) is 0 Å². The molecule has 0 unspecified atom stereocenters. The molecule has 0 bridgehead atoms. The summed E-state index contributed by atoms with van der Waals surface area (Å²) in [7, 11) is 0. The van der Waals surface area contributed by atoms with E-state index >= 15 is 0 Å². The fourth-order valence-electron chi connectivity index (χ4n) is 2.97. The number of unbranched alkanes of at least 4 members (excludes halogenated alkanes) is 1. The van der Waals surface area contributed by atoms with Crippen molar-refractivity contribution in [1.82, 2.24) is 0 Å². The van der Waals surface area contributed by atoms with Crippen molar-refractivity contribution in [2.75, 3.05) is 0 Å². The molecule has 0 saturated heterocycles. The molecule has 1 saturated carbocycles. The largest absolute Gasteiger partial charge is 0.0654 e. The predicted octanol–water partition coefficient (Wildman–Crippen LogP) is 5.71. The van der Waals surface area contributed by atoms with Gasteiger partial charge < -0.3 is 0 Å². The van der Waals surface area contributed by atoms with Crippen molar-refractivity contribution in [1.29, 1.82) is 0 Å². The molecule has 1 aliphatic carbocycles. The summed E-state index contributed by atoms with van der Waals surface area (Å²) in [4.78, 5) is 0. The summed E-state index contributed by atoms with van der Waals surface area (Å²) >= 11 is 0. The molecule has 0 aromatic rings. The van der Waals surface area contributed by atoms with Crippen molar-refractivity contribution in [3.8, 4) is 0 Å². The van der Waals surface area contributed by atoms with Gasteiger partial charge in [0.2, 0.25) is 0 Å². The van der Waals surface area contributed by atoms with Crippen molar-refractivity contribution in [3.63, 3.8) is 0 Å². The lowest BCUT2D eigenvalue weighted by molar-refractivity contribution is 0.220. The maximum atomic E-state index is 2.55. The van der Waals surface area contributed by atoms with E-state index in [9.17, 15) is 0 Å². The number of hydrogen-bond donors (Lipinski definition) is 0. The zero-order valence-electron chi connectivity index (χ0n) is 11.0. The topological polar surface area (TPSA) is 0 Å². The smallest absolute Gasteiger partial charge is 0.0326 e. The molecule has 0 heterocycles. The highest BCUT2D eigenvalue weighted by Crippen LogP contribution is 2.37. The summed E-state index contributed by atoms with van der Waals surface area (Å²) in [5.74, 6) is 0. The molecule has 0 N–H and O–H groups in total. The minimum absolute atomic E-state index is 0.688. The Morgan fingerprint density at radius 1 is 0.800 bits per heavy atom. The third-order valence-electron chi connectivity index (χ3n) is 4.19. The monoisotopic (exact) mass is 210 g/mol. The van der Waals surface area contributed by atoms with E-state index in [0.29, 0.717) is 5.41 Å². The second kappa shape index (κ2) is 7.30. The highest BCUT2D eigenvalue weighted by Gasteiger charge is 2.22. The Labute approximate surface area is 96.8 Å². The molecule has 0 heteroatoms. The van der Waals surface area contributed by atoms with Crippen LogP contribution in [0, 0.1) is 5.41 Å². The average molecular weight is 210 g/mol. The van der Waals surface area contributed by atoms with E-state index in [2.05, 4.69) is 13.8 Å². The van der Waals surface area contributed by atoms with Crippen LogP contribution in [0.15, 0.2) is 0 Å². The Kier molecular flexibility index (Phi) is 6.36. The third-order valence-corrected chi connectivity index (χ3v) is 4.19. The molecule has 1 aliphatic rings. The molecule has 0 radical (unpaired) electrons. The van der Waals surface area contributed by atoms with Crippen LogP contribution in [-0.4, -0.2) is 0 Å². The van der Waals surface area contributed by atoms with Gasteiger partial charge in [0.1, 0.15) is 0 Å². The third kappa shape index (κ3) is 5.58. The van der Waals surface area contributed by atoms with E-state index in [4.69, 9.17) is 0 Å². The maximum absolute atomic E-state index is 2.55. The molecule has 1 rings (SSSR count). The normalized spacial score (nSPS) is 23.6. The van der Waals surface area contributed by atoms with Crippen molar-refractivity contribution in [2.24, 2.45) is 5.41 Å². The molecule has 0 aliphatic heterocycles. The molecular formula is C15H30. The van der Waals surface area contributed by atoms with E-state index in [-0.39, 0.29) is 0 Å². The van der Waals surface area contributed by atoms with E-state index in [1.807, 2.05) is 0 Å². The Balaban J connectivity index is 2.35. The Hall–Kier alpha value is 0. The molecule has 0 amide bonds. The van der Waals surface area contributed by atoms with Gasteiger partial charge in [-0.3, -0.25) is 0 Å². The summed E-state index contributed by atoms with van der Waals surface area (Å²) in [5, 5.41) is 0. The van der Waals surface area contributed by atoms with Gasteiger partial charge in [-0.25, -0.2) is 0 Å². The van der Waals surface area contributed by atoms with Crippen molar-refractivity contribution in [3.05, 3.63) is 0 Å². The summed E-state index contributed by atoms with van der Waals surface area (Å²) < 4.78 is 0. The van der Waals surface area contributed by atoms with Gasteiger partial charge in [0.05, 0.1) is 0 Å². The highest BCUT2D eigenvalue weighted by atomic mass is 14.3. The van der Waals surface area contributed by atoms with Crippen LogP contribution in [0.3, 0.4) is 0 Å². The first-order valence-electron chi connectivity index (χ1n) is 7.27. The Morgan fingerprint density at radius 2 is 1.27 bits per heavy atom. The molecule has 90 valence electrons. The molecule has 15 heavy (non-hydrogen) atoms. The molecule has 0 nitrogen and oxygen atoms in total. The van der Waals surface area contributed by atoms with Gasteiger partial charge in [-0.05, 0) is 24.7 Å². The molecular weight excluding hydrogens is 180 g/mol. The van der Waals surface area contributed by atoms with Gasteiger partial charge in [-0.2, -0.15) is 0 Å². The van der Waals surface area contributed by atoms with Crippen molar-refractivity contribution in [2.45, 2.75) is 90.9 Å². The Bertz CT molecular complexity index is 138. The van der Waals surface area contributed by atoms with E-state index < -0.39 is 0 Å². The van der Waals surface area contributed by atoms with Crippen LogP contribution in [-0.2, 0) is 0 Å². The zero-order valence-corrected chi connectivity index (χ0v) is 11.0. The van der Waals surface area contributed by atoms with Crippen LogP contribution in [0.25, 0.3) is 0 Å². The average Bonchev–Trinajstić information content (AvgIpc) is 2.25. The minimum atomic E-state index is 0.688. The van der Waals surface area contributed by atoms with E-state index in [1.165, 1.54) is 77.0 Å². The lowest BCUT2D eigenvalue weighted by Crippen LogP contribution is -2.17. The summed E-state index contributed by atoms with van der Waals surface area (Å²) in [6.07, 6.45) is 17.7. The van der Waals surface area contributed by atoms with Crippen molar-refractivity contribution < 1.29 is 0 Å². The quantitative estimate of drug-likeness (QED) is 0.560. The lowest BCUT2D eigenvalue weighted by Gasteiger charge is -2.30. The molecule has 0 aromatic carbocycles. The van der Waals surface area contributed by atoms with Gasteiger partial charge in [-0.1, -0.05) is 71.6 Å². The first-order chi connectivity index (χ1) is 7.27. The summed E-state index contributed by atoms with van der Waals surface area (Å²) in [5.41, 5.74) is 0.688. The van der Waals surface area contributed by atoms with Gasteiger partial charge in [0, 0.05) is 0 Å². The van der Waals surface area contributed by atoms with Gasteiger partial charge >= 0.3 is 0 Å². The molecule has 0 spiro atoms. The summed E-state index contributed by atoms with van der Waals surface area (Å²) in [6.45, 7) is 4.87. The van der Waals surface area contributed by atoms with Gasteiger partial charge in [0.15, 0.2) is 0 Å². The highest BCUT2D eigenvalue weighted by molar-refractivity contribution is 4.75. The fraction of sp³-hybridized carbons (Fsp3) is 1.00. The van der Waals surface area contributed by atoms with E-state index in [1.54, 1.807) is 0 Å². The zero-order chi connectivity index (χ0) is 11.0. The second-order valence-electron chi connectivity index (χ2n) is 5.89. The minimum Gasteiger partial charge on any atom is -0.0654 e. The van der Waals surface area contributed by atoms with Gasteiger partial charge in [0.25, 0.3) is 0 Å². The fourth-order valence-corrected chi connectivity index (χ4v) is 2.97. The molecule has 1 fully saturated rings. The van der Waals surface area contributed by atoms with Gasteiger partial charge in [-0.15, -0.1) is 0 Å². The van der Waals surface area contributed by atoms with Crippen LogP contribution >= 0.6 is 0 Å². The lowest BCUT2D eigenvalue weighted by atomic mass is 9.75. The van der Waals surface area contributed by atoms with Crippen molar-refractivity contribution >= 4 is 0 Å². The summed E-state index contributed by atoms with van der Waals surface area (Å²) in [6, 6.07) is 0. The standard InChI is InChI=1S/C15H30/c1-3-4-12-15(2)13-10-8-6-5-7-9-11-14-15/h3-14H2,1-2H3. The predicted molar refractivity (Wildman–Crippen MR) is 69.2 cm³/mol. The molecule has 0 atom stereocenters. The SMILES string of the molecule is CCCCC1(C)CCCCCCCCC1. The second-order valence-corrected chi connectivity index (χ2v) is 5.89. The maximum Gasteiger partial charge on any atom is -0.0326 e. The van der Waals surface area contributed by atoms with Crippen LogP contribution in [0.2, 0.25) is 0 Å². The first-order valence-corrected chi connectivity index (χ1v) is 7.27. The Morgan fingerprint density at radius 3 is 1.73 bits per heavy atom. The molecule has 0 aromatic heterocycles. The number of hydrogen-bond acceptors (Lipinski definition) is 0. The van der Waals surface area contributed by atoms with E-state index in [0.717, 1.165) is 0 Å². The van der Waals surface area contributed by atoms with Crippen LogP contribution in [0.4, 0.5) is 0 Å². The van der Waals surface area contributed by atoms with Crippen LogP contribution in [0.1, 0.15) is 90.9 Å². The number of rotatable bonds is 3. The first kappa shape index (κ1) is 13.1.